The van der Waals surface area contributed by atoms with Crippen LogP contribution in [0.15, 0.2) is 41.3 Å². The van der Waals surface area contributed by atoms with E-state index in [1.807, 2.05) is 25.1 Å². The highest BCUT2D eigenvalue weighted by Gasteiger charge is 2.18. The van der Waals surface area contributed by atoms with Gasteiger partial charge in [0.1, 0.15) is 5.75 Å². The Labute approximate surface area is 142 Å². The molecule has 0 fully saturated rings. The standard InChI is InChI=1S/C17H20ClNO3S/c1-12-10-17(13(2)9-16(12)22-3)23(20,21)19-8-7-14-5-4-6-15(18)11-14/h4-6,9-11,19H,7-8H2,1-3H3. The largest absolute Gasteiger partial charge is 0.496 e. The van der Waals surface area contributed by atoms with Gasteiger partial charge < -0.3 is 4.74 Å². The van der Waals surface area contributed by atoms with Crippen LogP contribution >= 0.6 is 11.6 Å². The minimum Gasteiger partial charge on any atom is -0.496 e. The second-order valence-electron chi connectivity index (χ2n) is 5.37. The summed E-state index contributed by atoms with van der Waals surface area (Å²) in [5, 5.41) is 0.645. The van der Waals surface area contributed by atoms with Crippen LogP contribution in [0, 0.1) is 13.8 Å². The third-order valence-corrected chi connectivity index (χ3v) is 5.41. The number of hydrogen-bond acceptors (Lipinski definition) is 3. The summed E-state index contributed by atoms with van der Waals surface area (Å²) < 4.78 is 32.8. The Morgan fingerprint density at radius 2 is 1.87 bits per heavy atom. The lowest BCUT2D eigenvalue weighted by atomic mass is 10.1. The Balaban J connectivity index is 2.11. The number of hydrogen-bond donors (Lipinski definition) is 1. The van der Waals surface area contributed by atoms with Gasteiger partial charge in [0.2, 0.25) is 10.0 Å². The smallest absolute Gasteiger partial charge is 0.240 e. The van der Waals surface area contributed by atoms with Gasteiger partial charge in [-0.05, 0) is 61.2 Å². The maximum Gasteiger partial charge on any atom is 0.240 e. The number of benzene rings is 2. The molecule has 0 radical (unpaired) electrons. The molecule has 0 spiro atoms. The fourth-order valence-corrected chi connectivity index (χ4v) is 3.93. The number of aryl methyl sites for hydroxylation is 2. The Hall–Kier alpha value is -1.56. The maximum atomic E-state index is 12.5. The van der Waals surface area contributed by atoms with Crippen molar-refractivity contribution < 1.29 is 13.2 Å². The predicted octanol–water partition coefficient (Wildman–Crippen LogP) is 3.49. The highest BCUT2D eigenvalue weighted by molar-refractivity contribution is 7.89. The molecule has 124 valence electrons. The molecule has 0 aliphatic heterocycles. The van der Waals surface area contributed by atoms with Crippen molar-refractivity contribution in [3.05, 3.63) is 58.1 Å². The topological polar surface area (TPSA) is 55.4 Å². The molecule has 2 aromatic carbocycles. The van der Waals surface area contributed by atoms with E-state index >= 15 is 0 Å². The van der Waals surface area contributed by atoms with Gasteiger partial charge in [-0.15, -0.1) is 0 Å². The minimum atomic E-state index is -3.56. The molecule has 1 N–H and O–H groups in total. The number of sulfonamides is 1. The van der Waals surface area contributed by atoms with Gasteiger partial charge in [0.25, 0.3) is 0 Å². The summed E-state index contributed by atoms with van der Waals surface area (Å²) in [6, 6.07) is 10.8. The Morgan fingerprint density at radius 1 is 1.13 bits per heavy atom. The van der Waals surface area contributed by atoms with Crippen LogP contribution in [0.3, 0.4) is 0 Å². The van der Waals surface area contributed by atoms with Crippen LogP contribution in [-0.2, 0) is 16.4 Å². The van der Waals surface area contributed by atoms with E-state index in [2.05, 4.69) is 4.72 Å². The van der Waals surface area contributed by atoms with E-state index in [0.29, 0.717) is 29.3 Å². The molecule has 23 heavy (non-hydrogen) atoms. The van der Waals surface area contributed by atoms with Crippen molar-refractivity contribution >= 4 is 21.6 Å². The molecule has 0 aromatic heterocycles. The molecule has 0 amide bonds. The molecule has 0 aliphatic rings. The zero-order chi connectivity index (χ0) is 17.0. The normalized spacial score (nSPS) is 11.5. The summed E-state index contributed by atoms with van der Waals surface area (Å²) in [5.41, 5.74) is 2.43. The highest BCUT2D eigenvalue weighted by Crippen LogP contribution is 2.25. The van der Waals surface area contributed by atoms with Crippen molar-refractivity contribution in [2.75, 3.05) is 13.7 Å². The Morgan fingerprint density at radius 3 is 2.52 bits per heavy atom. The predicted molar refractivity (Wildman–Crippen MR) is 92.8 cm³/mol. The van der Waals surface area contributed by atoms with Crippen LogP contribution in [0.25, 0.3) is 0 Å². The van der Waals surface area contributed by atoms with Gasteiger partial charge in [-0.1, -0.05) is 23.7 Å². The van der Waals surface area contributed by atoms with Gasteiger partial charge in [-0.2, -0.15) is 0 Å². The van der Waals surface area contributed by atoms with Crippen LogP contribution in [-0.4, -0.2) is 22.1 Å². The van der Waals surface area contributed by atoms with Crippen LogP contribution in [0.2, 0.25) is 5.02 Å². The summed E-state index contributed by atoms with van der Waals surface area (Å²) in [7, 11) is -1.99. The number of rotatable bonds is 6. The Kier molecular flexibility index (Phi) is 5.68. The average molecular weight is 354 g/mol. The summed E-state index contributed by atoms with van der Waals surface area (Å²) in [5.74, 6) is 0.681. The van der Waals surface area contributed by atoms with Crippen molar-refractivity contribution in [2.45, 2.75) is 25.2 Å². The van der Waals surface area contributed by atoms with E-state index in [1.165, 1.54) is 0 Å². The molecular weight excluding hydrogens is 334 g/mol. The van der Waals surface area contributed by atoms with Crippen molar-refractivity contribution in [2.24, 2.45) is 0 Å². The first kappa shape index (κ1) is 17.8. The SMILES string of the molecule is COc1cc(C)c(S(=O)(=O)NCCc2cccc(Cl)c2)cc1C. The molecule has 2 aromatic rings. The number of methoxy groups -OCH3 is 1. The molecule has 0 bridgehead atoms. The zero-order valence-corrected chi connectivity index (χ0v) is 15.0. The Bertz CT molecular complexity index is 803. The number of halogens is 1. The first-order valence-corrected chi connectivity index (χ1v) is 9.09. The third kappa shape index (κ3) is 4.47. The van der Waals surface area contributed by atoms with E-state index in [9.17, 15) is 8.42 Å². The molecule has 0 unspecified atom stereocenters. The lowest BCUT2D eigenvalue weighted by Crippen LogP contribution is -2.26. The fourth-order valence-electron chi connectivity index (χ4n) is 2.37. The molecule has 0 aliphatic carbocycles. The molecular formula is C17H20ClNO3S. The molecule has 2 rings (SSSR count). The van der Waals surface area contributed by atoms with Crippen molar-refractivity contribution in [3.8, 4) is 5.75 Å². The number of nitrogens with one attached hydrogen (secondary N) is 1. The molecule has 0 saturated heterocycles. The lowest BCUT2D eigenvalue weighted by Gasteiger charge is -2.13. The van der Waals surface area contributed by atoms with E-state index < -0.39 is 10.0 Å². The van der Waals surface area contributed by atoms with Gasteiger partial charge in [0, 0.05) is 11.6 Å². The second kappa shape index (κ2) is 7.34. The molecule has 4 nitrogen and oxygen atoms in total. The van der Waals surface area contributed by atoms with E-state index in [0.717, 1.165) is 11.1 Å². The average Bonchev–Trinajstić information content (AvgIpc) is 2.49. The summed E-state index contributed by atoms with van der Waals surface area (Å²) in [6.07, 6.45) is 0.577. The van der Waals surface area contributed by atoms with Crippen LogP contribution in [0.4, 0.5) is 0 Å². The van der Waals surface area contributed by atoms with Gasteiger partial charge >= 0.3 is 0 Å². The summed E-state index contributed by atoms with van der Waals surface area (Å²) in [4.78, 5) is 0.280. The van der Waals surface area contributed by atoms with Crippen LogP contribution < -0.4 is 9.46 Å². The van der Waals surface area contributed by atoms with Crippen molar-refractivity contribution in [3.63, 3.8) is 0 Å². The van der Waals surface area contributed by atoms with Gasteiger partial charge in [0.05, 0.1) is 12.0 Å². The van der Waals surface area contributed by atoms with Crippen molar-refractivity contribution in [1.29, 1.82) is 0 Å². The molecule has 0 heterocycles. The second-order valence-corrected chi connectivity index (χ2v) is 7.54. The van der Waals surface area contributed by atoms with E-state index in [1.54, 1.807) is 32.2 Å². The van der Waals surface area contributed by atoms with Gasteiger partial charge in [-0.3, -0.25) is 0 Å². The van der Waals surface area contributed by atoms with Crippen molar-refractivity contribution in [1.82, 2.24) is 4.72 Å². The first-order chi connectivity index (χ1) is 10.8. The minimum absolute atomic E-state index is 0.280. The van der Waals surface area contributed by atoms with Crippen LogP contribution in [0.5, 0.6) is 5.75 Å². The molecule has 0 atom stereocenters. The highest BCUT2D eigenvalue weighted by atomic mass is 35.5. The zero-order valence-electron chi connectivity index (χ0n) is 13.4. The summed E-state index contributed by atoms with van der Waals surface area (Å²) in [6.45, 7) is 3.89. The van der Waals surface area contributed by atoms with Crippen LogP contribution in [0.1, 0.15) is 16.7 Å². The van der Waals surface area contributed by atoms with Gasteiger partial charge in [0.15, 0.2) is 0 Å². The molecule has 0 saturated carbocycles. The molecule has 6 heteroatoms. The number of ether oxygens (including phenoxy) is 1. The maximum absolute atomic E-state index is 12.5. The fraction of sp³-hybridized carbons (Fsp3) is 0.294. The first-order valence-electron chi connectivity index (χ1n) is 7.23. The summed E-state index contributed by atoms with van der Waals surface area (Å²) >= 11 is 5.93. The lowest BCUT2D eigenvalue weighted by molar-refractivity contribution is 0.411. The quantitative estimate of drug-likeness (QED) is 0.864. The van der Waals surface area contributed by atoms with E-state index in [4.69, 9.17) is 16.3 Å². The third-order valence-electron chi connectivity index (χ3n) is 3.58. The monoisotopic (exact) mass is 353 g/mol. The van der Waals surface area contributed by atoms with Gasteiger partial charge in [-0.25, -0.2) is 13.1 Å². The van der Waals surface area contributed by atoms with E-state index in [-0.39, 0.29) is 4.90 Å².